The second-order valence-electron chi connectivity index (χ2n) is 4.76. The molecule has 0 saturated heterocycles. The van der Waals surface area contributed by atoms with E-state index < -0.39 is 0 Å². The average molecular weight is 298 g/mol. The van der Waals surface area contributed by atoms with Crippen LogP contribution in [0.15, 0.2) is 58.0 Å². The predicted octanol–water partition coefficient (Wildman–Crippen LogP) is 1.48. The van der Waals surface area contributed by atoms with Crippen LogP contribution in [0, 0.1) is 0 Å². The molecule has 3 heterocycles. The van der Waals surface area contributed by atoms with Crippen LogP contribution >= 0.6 is 0 Å². The largest absolute Gasteiger partial charge is 0.454 e. The SMILES string of the molecule is Cn1ccc(NC(=O)c2ccc(Cn3ccccc3=O)o2)n1. The first-order chi connectivity index (χ1) is 10.6. The van der Waals surface area contributed by atoms with Crippen molar-refractivity contribution in [2.45, 2.75) is 6.54 Å². The molecule has 0 unspecified atom stereocenters. The number of nitrogens with zero attached hydrogens (tertiary/aromatic N) is 3. The number of anilines is 1. The number of furan rings is 1. The van der Waals surface area contributed by atoms with Gasteiger partial charge in [-0.1, -0.05) is 6.07 Å². The molecule has 7 heteroatoms. The van der Waals surface area contributed by atoms with Crippen molar-refractivity contribution in [2.24, 2.45) is 7.05 Å². The molecule has 0 radical (unpaired) electrons. The fourth-order valence-corrected chi connectivity index (χ4v) is 2.00. The van der Waals surface area contributed by atoms with Crippen LogP contribution in [0.5, 0.6) is 0 Å². The highest BCUT2D eigenvalue weighted by atomic mass is 16.4. The number of rotatable bonds is 4. The molecule has 0 bridgehead atoms. The third-order valence-electron chi connectivity index (χ3n) is 3.07. The number of aromatic nitrogens is 3. The van der Waals surface area contributed by atoms with Gasteiger partial charge in [0.2, 0.25) is 0 Å². The number of hydrogen-bond donors (Lipinski definition) is 1. The summed E-state index contributed by atoms with van der Waals surface area (Å²) in [5.41, 5.74) is -0.126. The van der Waals surface area contributed by atoms with Crippen LogP contribution in [0.4, 0.5) is 5.82 Å². The van der Waals surface area contributed by atoms with Crippen LogP contribution in [0.3, 0.4) is 0 Å². The van der Waals surface area contributed by atoms with Gasteiger partial charge in [-0.3, -0.25) is 14.3 Å². The number of aryl methyl sites for hydroxylation is 1. The zero-order chi connectivity index (χ0) is 15.5. The Bertz CT molecular complexity index is 859. The van der Waals surface area contributed by atoms with E-state index in [1.54, 1.807) is 54.5 Å². The molecule has 0 aliphatic heterocycles. The number of amides is 1. The lowest BCUT2D eigenvalue weighted by molar-refractivity contribution is 0.0994. The second-order valence-corrected chi connectivity index (χ2v) is 4.76. The molecule has 3 rings (SSSR count). The van der Waals surface area contributed by atoms with E-state index in [9.17, 15) is 9.59 Å². The fraction of sp³-hybridized carbons (Fsp3) is 0.133. The Morgan fingerprint density at radius 3 is 2.82 bits per heavy atom. The lowest BCUT2D eigenvalue weighted by Crippen LogP contribution is -2.18. The van der Waals surface area contributed by atoms with Gasteiger partial charge in [0.15, 0.2) is 11.6 Å². The highest BCUT2D eigenvalue weighted by molar-refractivity contribution is 6.01. The number of carbonyl (C=O) groups excluding carboxylic acids is 1. The third-order valence-corrected chi connectivity index (χ3v) is 3.07. The van der Waals surface area contributed by atoms with Crippen LogP contribution in [-0.2, 0) is 13.6 Å². The van der Waals surface area contributed by atoms with Gasteiger partial charge in [0.05, 0.1) is 6.54 Å². The van der Waals surface area contributed by atoms with Gasteiger partial charge in [-0.2, -0.15) is 5.10 Å². The summed E-state index contributed by atoms with van der Waals surface area (Å²) >= 11 is 0. The summed E-state index contributed by atoms with van der Waals surface area (Å²) in [5.74, 6) is 0.763. The number of pyridine rings is 1. The van der Waals surface area contributed by atoms with Crippen LogP contribution in [0.25, 0.3) is 0 Å². The zero-order valence-corrected chi connectivity index (χ0v) is 11.9. The first-order valence-electron chi connectivity index (χ1n) is 6.67. The number of hydrogen-bond acceptors (Lipinski definition) is 4. The van der Waals surface area contributed by atoms with E-state index in [4.69, 9.17) is 4.42 Å². The van der Waals surface area contributed by atoms with Crippen molar-refractivity contribution in [1.82, 2.24) is 14.3 Å². The summed E-state index contributed by atoms with van der Waals surface area (Å²) in [6, 6.07) is 9.84. The van der Waals surface area contributed by atoms with Crippen molar-refractivity contribution in [3.8, 4) is 0 Å². The minimum Gasteiger partial charge on any atom is -0.454 e. The third kappa shape index (κ3) is 2.98. The van der Waals surface area contributed by atoms with Gasteiger partial charge in [0, 0.05) is 31.6 Å². The van der Waals surface area contributed by atoms with E-state index >= 15 is 0 Å². The zero-order valence-electron chi connectivity index (χ0n) is 11.9. The second kappa shape index (κ2) is 5.72. The molecule has 1 N–H and O–H groups in total. The minimum atomic E-state index is -0.384. The highest BCUT2D eigenvalue weighted by Crippen LogP contribution is 2.11. The minimum absolute atomic E-state index is 0.126. The molecular weight excluding hydrogens is 284 g/mol. The first-order valence-corrected chi connectivity index (χ1v) is 6.67. The predicted molar refractivity (Wildman–Crippen MR) is 79.7 cm³/mol. The van der Waals surface area contributed by atoms with Crippen LogP contribution < -0.4 is 10.9 Å². The van der Waals surface area contributed by atoms with Gasteiger partial charge < -0.3 is 14.3 Å². The maximum Gasteiger partial charge on any atom is 0.292 e. The van der Waals surface area contributed by atoms with Gasteiger partial charge in [0.25, 0.3) is 11.5 Å². The molecule has 3 aromatic heterocycles. The molecule has 0 aliphatic rings. The summed E-state index contributed by atoms with van der Waals surface area (Å²) in [5, 5.41) is 6.69. The van der Waals surface area contributed by atoms with Crippen molar-refractivity contribution in [1.29, 1.82) is 0 Å². The van der Waals surface area contributed by atoms with E-state index in [0.717, 1.165) is 0 Å². The Morgan fingerprint density at radius 2 is 2.09 bits per heavy atom. The molecule has 0 saturated carbocycles. The smallest absolute Gasteiger partial charge is 0.292 e. The normalized spacial score (nSPS) is 10.6. The Morgan fingerprint density at radius 1 is 1.23 bits per heavy atom. The monoisotopic (exact) mass is 298 g/mol. The Hall–Kier alpha value is -3.09. The Balaban J connectivity index is 1.72. The van der Waals surface area contributed by atoms with E-state index in [1.165, 1.54) is 10.6 Å². The number of nitrogens with one attached hydrogen (secondary N) is 1. The molecular formula is C15H14N4O3. The van der Waals surface area contributed by atoms with Gasteiger partial charge in [0.1, 0.15) is 5.76 Å². The van der Waals surface area contributed by atoms with Crippen molar-refractivity contribution >= 4 is 11.7 Å². The average Bonchev–Trinajstić information content (AvgIpc) is 3.11. The standard InChI is InChI=1S/C15H14N4O3/c1-18-9-7-13(17-18)16-15(21)12-6-5-11(22-12)10-19-8-3-2-4-14(19)20/h2-9H,10H2,1H3,(H,16,17,21). The van der Waals surface area contributed by atoms with Gasteiger partial charge in [-0.15, -0.1) is 0 Å². The topological polar surface area (TPSA) is 82.1 Å². The molecule has 0 aromatic carbocycles. The van der Waals surface area contributed by atoms with Crippen molar-refractivity contribution in [3.05, 3.63) is 70.7 Å². The summed E-state index contributed by atoms with van der Waals surface area (Å²) < 4.78 is 8.56. The molecule has 22 heavy (non-hydrogen) atoms. The summed E-state index contributed by atoms with van der Waals surface area (Å²) in [6.45, 7) is 0.274. The van der Waals surface area contributed by atoms with E-state index in [-0.39, 0.29) is 23.8 Å². The summed E-state index contributed by atoms with van der Waals surface area (Å²) in [7, 11) is 1.76. The molecule has 0 atom stereocenters. The molecule has 7 nitrogen and oxygen atoms in total. The van der Waals surface area contributed by atoms with Gasteiger partial charge >= 0.3 is 0 Å². The summed E-state index contributed by atoms with van der Waals surface area (Å²) in [6.07, 6.45) is 3.39. The maximum absolute atomic E-state index is 12.0. The fourth-order valence-electron chi connectivity index (χ4n) is 2.00. The molecule has 1 amide bonds. The molecule has 3 aromatic rings. The Labute approximate surface area is 125 Å². The maximum atomic E-state index is 12.0. The first kappa shape index (κ1) is 13.9. The molecule has 112 valence electrons. The van der Waals surface area contributed by atoms with Crippen molar-refractivity contribution in [3.63, 3.8) is 0 Å². The quantitative estimate of drug-likeness (QED) is 0.791. The van der Waals surface area contributed by atoms with Crippen molar-refractivity contribution < 1.29 is 9.21 Å². The molecule has 0 fully saturated rings. The van der Waals surface area contributed by atoms with E-state index in [0.29, 0.717) is 11.6 Å². The molecule has 0 spiro atoms. The number of carbonyl (C=O) groups is 1. The van der Waals surface area contributed by atoms with E-state index in [1.807, 2.05) is 0 Å². The molecule has 0 aliphatic carbocycles. The lowest BCUT2D eigenvalue weighted by Gasteiger charge is -2.02. The summed E-state index contributed by atoms with van der Waals surface area (Å²) in [4.78, 5) is 23.7. The lowest BCUT2D eigenvalue weighted by atomic mass is 10.4. The Kier molecular flexibility index (Phi) is 3.61. The van der Waals surface area contributed by atoms with Crippen LogP contribution in [-0.4, -0.2) is 20.3 Å². The van der Waals surface area contributed by atoms with Gasteiger partial charge in [-0.05, 0) is 18.2 Å². The highest BCUT2D eigenvalue weighted by Gasteiger charge is 2.13. The van der Waals surface area contributed by atoms with E-state index in [2.05, 4.69) is 10.4 Å². The van der Waals surface area contributed by atoms with Gasteiger partial charge in [-0.25, -0.2) is 0 Å². The van der Waals surface area contributed by atoms with Crippen LogP contribution in [0.2, 0.25) is 0 Å². The van der Waals surface area contributed by atoms with Crippen molar-refractivity contribution in [2.75, 3.05) is 5.32 Å². The van der Waals surface area contributed by atoms with Crippen LogP contribution in [0.1, 0.15) is 16.3 Å².